The molecule has 7 heteroatoms. The SMILES string of the molecule is Cc1ccc(NC(=O)CC2CCCN2)cc1S(=O)(=O)NC1CC1. The second-order valence-corrected chi connectivity index (χ2v) is 8.10. The summed E-state index contributed by atoms with van der Waals surface area (Å²) in [6, 6.07) is 5.29. The van der Waals surface area contributed by atoms with Crippen LogP contribution in [0.15, 0.2) is 23.1 Å². The lowest BCUT2D eigenvalue weighted by Crippen LogP contribution is -2.28. The molecule has 1 saturated heterocycles. The van der Waals surface area contributed by atoms with E-state index >= 15 is 0 Å². The third-order valence-corrected chi connectivity index (χ3v) is 5.92. The molecule has 1 saturated carbocycles. The van der Waals surface area contributed by atoms with Gasteiger partial charge in [-0.3, -0.25) is 4.79 Å². The van der Waals surface area contributed by atoms with Crippen molar-refractivity contribution in [2.45, 2.75) is 56.0 Å². The predicted octanol–water partition coefficient (Wildman–Crippen LogP) is 1.52. The number of hydrogen-bond acceptors (Lipinski definition) is 4. The zero-order valence-electron chi connectivity index (χ0n) is 13.3. The minimum atomic E-state index is -3.52. The average molecular weight is 337 g/mol. The topological polar surface area (TPSA) is 87.3 Å². The van der Waals surface area contributed by atoms with Crippen LogP contribution in [0.3, 0.4) is 0 Å². The van der Waals surface area contributed by atoms with Crippen molar-refractivity contribution in [1.82, 2.24) is 10.0 Å². The van der Waals surface area contributed by atoms with E-state index in [4.69, 9.17) is 0 Å². The zero-order chi connectivity index (χ0) is 16.4. The molecule has 0 spiro atoms. The van der Waals surface area contributed by atoms with Crippen molar-refractivity contribution in [3.63, 3.8) is 0 Å². The Morgan fingerprint density at radius 3 is 2.74 bits per heavy atom. The Kier molecular flexibility index (Phi) is 4.70. The van der Waals surface area contributed by atoms with Gasteiger partial charge < -0.3 is 10.6 Å². The molecule has 1 aromatic carbocycles. The zero-order valence-corrected chi connectivity index (χ0v) is 14.1. The van der Waals surface area contributed by atoms with Gasteiger partial charge in [-0.25, -0.2) is 13.1 Å². The number of sulfonamides is 1. The molecule has 0 radical (unpaired) electrons. The lowest BCUT2D eigenvalue weighted by atomic mass is 10.1. The number of hydrogen-bond donors (Lipinski definition) is 3. The summed E-state index contributed by atoms with van der Waals surface area (Å²) in [6.45, 7) is 2.72. The van der Waals surface area contributed by atoms with E-state index in [0.29, 0.717) is 17.7 Å². The number of amides is 1. The molecule has 1 amide bonds. The van der Waals surface area contributed by atoms with Crippen LogP contribution in [0, 0.1) is 6.92 Å². The van der Waals surface area contributed by atoms with E-state index in [2.05, 4.69) is 15.4 Å². The van der Waals surface area contributed by atoms with E-state index in [1.54, 1.807) is 25.1 Å². The van der Waals surface area contributed by atoms with Crippen molar-refractivity contribution in [2.75, 3.05) is 11.9 Å². The molecule has 2 aliphatic rings. The van der Waals surface area contributed by atoms with Crippen LogP contribution in [0.25, 0.3) is 0 Å². The van der Waals surface area contributed by atoms with Crippen molar-refractivity contribution < 1.29 is 13.2 Å². The van der Waals surface area contributed by atoms with E-state index < -0.39 is 10.0 Å². The van der Waals surface area contributed by atoms with Gasteiger partial charge in [-0.2, -0.15) is 0 Å². The maximum atomic E-state index is 12.4. The Morgan fingerprint density at radius 2 is 2.09 bits per heavy atom. The molecule has 3 rings (SSSR count). The van der Waals surface area contributed by atoms with Crippen LogP contribution in [-0.4, -0.2) is 33.0 Å². The van der Waals surface area contributed by atoms with Crippen LogP contribution in [-0.2, 0) is 14.8 Å². The van der Waals surface area contributed by atoms with E-state index in [-0.39, 0.29) is 22.9 Å². The van der Waals surface area contributed by atoms with E-state index in [1.807, 2.05) is 0 Å². The van der Waals surface area contributed by atoms with Crippen LogP contribution in [0.1, 0.15) is 37.7 Å². The lowest BCUT2D eigenvalue weighted by Gasteiger charge is -2.13. The highest BCUT2D eigenvalue weighted by atomic mass is 32.2. The molecule has 23 heavy (non-hydrogen) atoms. The van der Waals surface area contributed by atoms with Gasteiger partial charge in [0.15, 0.2) is 0 Å². The Bertz CT molecular complexity index is 693. The first kappa shape index (κ1) is 16.4. The molecule has 1 aromatic rings. The van der Waals surface area contributed by atoms with E-state index in [0.717, 1.165) is 32.2 Å². The van der Waals surface area contributed by atoms with Gasteiger partial charge in [-0.15, -0.1) is 0 Å². The second-order valence-electron chi connectivity index (χ2n) is 6.42. The van der Waals surface area contributed by atoms with Gasteiger partial charge in [0, 0.05) is 24.2 Å². The molecule has 2 fully saturated rings. The summed E-state index contributed by atoms with van der Waals surface area (Å²) >= 11 is 0. The summed E-state index contributed by atoms with van der Waals surface area (Å²) in [7, 11) is -3.52. The van der Waals surface area contributed by atoms with Crippen molar-refractivity contribution >= 4 is 21.6 Å². The molecular weight excluding hydrogens is 314 g/mol. The number of carbonyl (C=O) groups excluding carboxylic acids is 1. The Labute approximate surface area is 137 Å². The quantitative estimate of drug-likeness (QED) is 0.734. The third kappa shape index (κ3) is 4.31. The molecule has 126 valence electrons. The summed E-state index contributed by atoms with van der Waals surface area (Å²) < 4.78 is 27.4. The number of rotatable bonds is 6. The molecule has 3 N–H and O–H groups in total. The van der Waals surface area contributed by atoms with Crippen molar-refractivity contribution in [3.8, 4) is 0 Å². The Morgan fingerprint density at radius 1 is 1.30 bits per heavy atom. The fourth-order valence-corrected chi connectivity index (χ4v) is 4.39. The van der Waals surface area contributed by atoms with Crippen LogP contribution < -0.4 is 15.4 Å². The molecule has 1 atom stereocenters. The predicted molar refractivity (Wildman–Crippen MR) is 88.8 cm³/mol. The number of aryl methyl sites for hydroxylation is 1. The fourth-order valence-electron chi connectivity index (χ4n) is 2.82. The number of anilines is 1. The molecule has 1 heterocycles. The van der Waals surface area contributed by atoms with Gasteiger partial charge in [0.25, 0.3) is 0 Å². The Hall–Kier alpha value is -1.44. The van der Waals surface area contributed by atoms with Crippen LogP contribution in [0.2, 0.25) is 0 Å². The summed E-state index contributed by atoms with van der Waals surface area (Å²) in [4.78, 5) is 12.3. The molecule has 1 aliphatic carbocycles. The lowest BCUT2D eigenvalue weighted by molar-refractivity contribution is -0.116. The summed E-state index contributed by atoms with van der Waals surface area (Å²) in [5.41, 5.74) is 1.20. The normalized spacial score (nSPS) is 21.3. The van der Waals surface area contributed by atoms with Crippen molar-refractivity contribution in [1.29, 1.82) is 0 Å². The summed E-state index contributed by atoms with van der Waals surface area (Å²) in [5, 5.41) is 6.09. The highest BCUT2D eigenvalue weighted by Gasteiger charge is 2.29. The first-order chi connectivity index (χ1) is 10.9. The Balaban J connectivity index is 1.70. The first-order valence-electron chi connectivity index (χ1n) is 8.10. The van der Waals surface area contributed by atoms with Gasteiger partial charge in [0.1, 0.15) is 0 Å². The second kappa shape index (κ2) is 6.59. The van der Waals surface area contributed by atoms with Crippen molar-refractivity contribution in [3.05, 3.63) is 23.8 Å². The van der Waals surface area contributed by atoms with E-state index in [9.17, 15) is 13.2 Å². The summed E-state index contributed by atoms with van der Waals surface area (Å²) in [6.07, 6.45) is 4.30. The van der Waals surface area contributed by atoms with Gasteiger partial charge in [-0.05, 0) is 56.8 Å². The molecule has 0 aromatic heterocycles. The maximum absolute atomic E-state index is 12.4. The molecular formula is C16H23N3O3S. The van der Waals surface area contributed by atoms with Gasteiger partial charge >= 0.3 is 0 Å². The van der Waals surface area contributed by atoms with Crippen LogP contribution >= 0.6 is 0 Å². The minimum Gasteiger partial charge on any atom is -0.326 e. The van der Waals surface area contributed by atoms with Crippen LogP contribution in [0.5, 0.6) is 0 Å². The molecule has 0 bridgehead atoms. The highest BCUT2D eigenvalue weighted by Crippen LogP contribution is 2.25. The third-order valence-electron chi connectivity index (χ3n) is 4.25. The van der Waals surface area contributed by atoms with Crippen LogP contribution in [0.4, 0.5) is 5.69 Å². The average Bonchev–Trinajstić information content (AvgIpc) is 3.13. The molecule has 6 nitrogen and oxygen atoms in total. The number of nitrogens with one attached hydrogen (secondary N) is 3. The largest absolute Gasteiger partial charge is 0.326 e. The number of carbonyl (C=O) groups is 1. The monoisotopic (exact) mass is 337 g/mol. The summed E-state index contributed by atoms with van der Waals surface area (Å²) in [5.74, 6) is -0.0910. The van der Waals surface area contributed by atoms with Crippen molar-refractivity contribution in [2.24, 2.45) is 0 Å². The standard InChI is InChI=1S/C16H23N3O3S/c1-11-4-5-14(18-16(20)10-13-3-2-8-17-13)9-15(11)23(21,22)19-12-6-7-12/h4-5,9,12-13,17,19H,2-3,6-8,10H2,1H3,(H,18,20). The number of benzene rings is 1. The molecule has 1 unspecified atom stereocenters. The van der Waals surface area contributed by atoms with Gasteiger partial charge in [0.05, 0.1) is 4.90 Å². The van der Waals surface area contributed by atoms with E-state index in [1.165, 1.54) is 0 Å². The van der Waals surface area contributed by atoms with Gasteiger partial charge in [-0.1, -0.05) is 6.07 Å². The maximum Gasteiger partial charge on any atom is 0.241 e. The molecule has 1 aliphatic heterocycles. The fraction of sp³-hybridized carbons (Fsp3) is 0.562. The highest BCUT2D eigenvalue weighted by molar-refractivity contribution is 7.89. The smallest absolute Gasteiger partial charge is 0.241 e. The minimum absolute atomic E-state index is 0.0612. The first-order valence-corrected chi connectivity index (χ1v) is 9.58. The van der Waals surface area contributed by atoms with Gasteiger partial charge in [0.2, 0.25) is 15.9 Å².